The van der Waals surface area contributed by atoms with Gasteiger partial charge in [0.25, 0.3) is 0 Å². The zero-order chi connectivity index (χ0) is 15.0. The molecule has 0 saturated carbocycles. The molecule has 0 spiro atoms. The largest absolute Gasteiger partial charge is 0.497 e. The fourth-order valence-corrected chi connectivity index (χ4v) is 3.91. The van der Waals surface area contributed by atoms with Crippen molar-refractivity contribution >= 4 is 22.9 Å². The lowest BCUT2D eigenvalue weighted by Crippen LogP contribution is -2.34. The standard InChI is InChI=1S/C16H19N3OS/c1-10-12-6-8-21-15(12)5-7-19(10)14-9-11(20-2)3-4-13(14)16(17)18/h3-4,6,8-10H,5,7H2,1-2H3,(H3,17,18). The summed E-state index contributed by atoms with van der Waals surface area (Å²) in [7, 11) is 1.66. The van der Waals surface area contributed by atoms with Crippen LogP contribution in [0.15, 0.2) is 29.6 Å². The van der Waals surface area contributed by atoms with Crippen molar-refractivity contribution in [1.29, 1.82) is 5.41 Å². The summed E-state index contributed by atoms with van der Waals surface area (Å²) in [6, 6.07) is 8.18. The van der Waals surface area contributed by atoms with Crippen LogP contribution in [0.5, 0.6) is 5.75 Å². The van der Waals surface area contributed by atoms with Crippen molar-refractivity contribution in [2.45, 2.75) is 19.4 Å². The topological polar surface area (TPSA) is 62.3 Å². The van der Waals surface area contributed by atoms with E-state index in [1.165, 1.54) is 10.4 Å². The van der Waals surface area contributed by atoms with E-state index in [0.717, 1.165) is 30.0 Å². The first-order valence-corrected chi connectivity index (χ1v) is 7.85. The Bertz CT molecular complexity index is 680. The lowest BCUT2D eigenvalue weighted by Gasteiger charge is -2.36. The normalized spacial score (nSPS) is 17.4. The molecule has 1 aromatic carbocycles. The second-order valence-corrected chi connectivity index (χ2v) is 6.22. The van der Waals surface area contributed by atoms with E-state index in [9.17, 15) is 0 Å². The fourth-order valence-electron chi connectivity index (χ4n) is 2.94. The maximum absolute atomic E-state index is 7.82. The molecule has 1 aliphatic rings. The molecule has 0 amide bonds. The Morgan fingerprint density at radius 2 is 2.24 bits per heavy atom. The molecule has 0 fully saturated rings. The summed E-state index contributed by atoms with van der Waals surface area (Å²) in [6.45, 7) is 3.14. The molecule has 0 bridgehead atoms. The minimum Gasteiger partial charge on any atom is -0.497 e. The summed E-state index contributed by atoms with van der Waals surface area (Å²) in [6.07, 6.45) is 1.03. The van der Waals surface area contributed by atoms with Crippen LogP contribution in [-0.4, -0.2) is 19.5 Å². The van der Waals surface area contributed by atoms with E-state index >= 15 is 0 Å². The van der Waals surface area contributed by atoms with Crippen molar-refractivity contribution in [3.63, 3.8) is 0 Å². The van der Waals surface area contributed by atoms with Crippen LogP contribution in [0.4, 0.5) is 5.69 Å². The van der Waals surface area contributed by atoms with Crippen molar-refractivity contribution in [3.05, 3.63) is 45.6 Å². The molecular formula is C16H19N3OS. The highest BCUT2D eigenvalue weighted by Crippen LogP contribution is 2.38. The first-order chi connectivity index (χ1) is 10.1. The van der Waals surface area contributed by atoms with Gasteiger partial charge in [-0.25, -0.2) is 0 Å². The minimum atomic E-state index is 0.0935. The van der Waals surface area contributed by atoms with Gasteiger partial charge in [0.1, 0.15) is 11.6 Å². The lowest BCUT2D eigenvalue weighted by molar-refractivity contribution is 0.414. The number of hydrogen-bond acceptors (Lipinski definition) is 4. The molecule has 1 atom stereocenters. The molecule has 0 saturated heterocycles. The Balaban J connectivity index is 2.06. The SMILES string of the molecule is COc1ccc(C(=N)N)c(N2CCc3sccc3C2C)c1. The highest BCUT2D eigenvalue weighted by Gasteiger charge is 2.27. The van der Waals surface area contributed by atoms with Gasteiger partial charge in [-0.3, -0.25) is 5.41 Å². The number of benzene rings is 1. The molecule has 0 radical (unpaired) electrons. The van der Waals surface area contributed by atoms with Crippen LogP contribution < -0.4 is 15.4 Å². The molecule has 21 heavy (non-hydrogen) atoms. The first kappa shape index (κ1) is 13.9. The van der Waals surface area contributed by atoms with Crippen molar-refractivity contribution in [3.8, 4) is 5.75 Å². The third kappa shape index (κ3) is 2.38. The van der Waals surface area contributed by atoms with Gasteiger partial charge in [0.15, 0.2) is 0 Å². The Hall–Kier alpha value is -2.01. The number of ether oxygens (including phenoxy) is 1. The van der Waals surface area contributed by atoms with Crippen LogP contribution in [0.1, 0.15) is 29.0 Å². The average Bonchev–Trinajstić information content (AvgIpc) is 2.96. The van der Waals surface area contributed by atoms with Gasteiger partial charge in [0.2, 0.25) is 0 Å². The molecule has 1 unspecified atom stereocenters. The minimum absolute atomic E-state index is 0.0935. The predicted octanol–water partition coefficient (Wildman–Crippen LogP) is 3.16. The lowest BCUT2D eigenvalue weighted by atomic mass is 9.99. The second kappa shape index (κ2) is 5.41. The van der Waals surface area contributed by atoms with E-state index in [2.05, 4.69) is 23.3 Å². The maximum atomic E-state index is 7.82. The zero-order valence-corrected chi connectivity index (χ0v) is 13.0. The Morgan fingerprint density at radius 1 is 1.43 bits per heavy atom. The third-order valence-corrected chi connectivity index (χ3v) is 5.08. The zero-order valence-electron chi connectivity index (χ0n) is 12.2. The fraction of sp³-hybridized carbons (Fsp3) is 0.312. The molecule has 3 rings (SSSR count). The average molecular weight is 301 g/mol. The van der Waals surface area contributed by atoms with Crippen LogP contribution >= 0.6 is 11.3 Å². The number of amidine groups is 1. The molecule has 5 heteroatoms. The molecule has 1 aliphatic heterocycles. The van der Waals surface area contributed by atoms with Gasteiger partial charge in [-0.05, 0) is 42.5 Å². The molecule has 110 valence electrons. The number of thiophene rings is 1. The van der Waals surface area contributed by atoms with Crippen LogP contribution in [0.25, 0.3) is 0 Å². The molecule has 0 aliphatic carbocycles. The predicted molar refractivity (Wildman–Crippen MR) is 87.8 cm³/mol. The molecule has 4 nitrogen and oxygen atoms in total. The van der Waals surface area contributed by atoms with Crippen LogP contribution in [0.2, 0.25) is 0 Å². The highest BCUT2D eigenvalue weighted by molar-refractivity contribution is 7.10. The number of hydrogen-bond donors (Lipinski definition) is 2. The van der Waals surface area contributed by atoms with E-state index in [1.807, 2.05) is 29.5 Å². The molecule has 1 aromatic heterocycles. The van der Waals surface area contributed by atoms with Crippen LogP contribution in [-0.2, 0) is 6.42 Å². The highest BCUT2D eigenvalue weighted by atomic mass is 32.1. The number of nitrogens with two attached hydrogens (primary N) is 1. The number of nitrogens with one attached hydrogen (secondary N) is 1. The van der Waals surface area contributed by atoms with Gasteiger partial charge in [-0.2, -0.15) is 0 Å². The molecular weight excluding hydrogens is 282 g/mol. The van der Waals surface area contributed by atoms with Crippen LogP contribution in [0.3, 0.4) is 0 Å². The molecule has 2 aromatic rings. The summed E-state index contributed by atoms with van der Waals surface area (Å²) < 4.78 is 5.33. The summed E-state index contributed by atoms with van der Waals surface area (Å²) in [5.74, 6) is 0.884. The number of fused-ring (bicyclic) bond motifs is 1. The van der Waals surface area contributed by atoms with Crippen molar-refractivity contribution in [1.82, 2.24) is 0 Å². The van der Waals surface area contributed by atoms with Gasteiger partial charge in [0, 0.05) is 23.1 Å². The van der Waals surface area contributed by atoms with Crippen LogP contribution in [0, 0.1) is 5.41 Å². The van der Waals surface area contributed by atoms with Gasteiger partial charge < -0.3 is 15.4 Å². The van der Waals surface area contributed by atoms with Gasteiger partial charge in [0.05, 0.1) is 18.8 Å². The monoisotopic (exact) mass is 301 g/mol. The number of rotatable bonds is 3. The van der Waals surface area contributed by atoms with E-state index in [4.69, 9.17) is 15.9 Å². The van der Waals surface area contributed by atoms with E-state index in [0.29, 0.717) is 0 Å². The maximum Gasteiger partial charge on any atom is 0.124 e. The van der Waals surface area contributed by atoms with Gasteiger partial charge in [-0.1, -0.05) is 0 Å². The van der Waals surface area contributed by atoms with Crippen molar-refractivity contribution in [2.75, 3.05) is 18.6 Å². The number of nitrogens with zero attached hydrogens (tertiary/aromatic N) is 1. The van der Waals surface area contributed by atoms with E-state index in [1.54, 1.807) is 7.11 Å². The number of nitrogen functional groups attached to an aromatic ring is 1. The summed E-state index contributed by atoms with van der Waals surface area (Å²) >= 11 is 1.83. The van der Waals surface area contributed by atoms with Crippen molar-refractivity contribution in [2.24, 2.45) is 5.73 Å². The van der Waals surface area contributed by atoms with E-state index in [-0.39, 0.29) is 11.9 Å². The Morgan fingerprint density at radius 3 is 2.95 bits per heavy atom. The van der Waals surface area contributed by atoms with Gasteiger partial charge >= 0.3 is 0 Å². The first-order valence-electron chi connectivity index (χ1n) is 6.97. The van der Waals surface area contributed by atoms with Gasteiger partial charge in [-0.15, -0.1) is 11.3 Å². The molecule has 3 N–H and O–H groups in total. The smallest absolute Gasteiger partial charge is 0.124 e. The Labute approximate surface area is 128 Å². The summed E-state index contributed by atoms with van der Waals surface area (Å²) in [5.41, 5.74) is 8.87. The van der Waals surface area contributed by atoms with E-state index < -0.39 is 0 Å². The number of methoxy groups -OCH3 is 1. The quantitative estimate of drug-likeness (QED) is 0.676. The number of anilines is 1. The van der Waals surface area contributed by atoms with Crippen molar-refractivity contribution < 1.29 is 4.74 Å². The summed E-state index contributed by atoms with van der Waals surface area (Å²) in [4.78, 5) is 3.78. The Kier molecular flexibility index (Phi) is 3.59. The third-order valence-electron chi connectivity index (χ3n) is 4.08. The summed E-state index contributed by atoms with van der Waals surface area (Å²) in [5, 5.41) is 9.97. The molecule has 2 heterocycles. The second-order valence-electron chi connectivity index (χ2n) is 5.22.